The zero-order chi connectivity index (χ0) is 16.2. The van der Waals surface area contributed by atoms with Gasteiger partial charge in [-0.25, -0.2) is 0 Å². The molecule has 0 radical (unpaired) electrons. The Morgan fingerprint density at radius 1 is 1.64 bits per heavy atom. The van der Waals surface area contributed by atoms with Crippen molar-refractivity contribution in [3.63, 3.8) is 0 Å². The number of nitrogens with one attached hydrogen (secondary N) is 1. The van der Waals surface area contributed by atoms with E-state index in [4.69, 9.17) is 10.5 Å². The number of nitrogen functional groups attached to an aromatic ring is 1. The number of thioether (sulfide) groups is 1. The fraction of sp³-hybridized carbons (Fsp3) is 0.500. The standard InChI is InChI=1S/C12H16N4O5S/c1-4-16(8-6(22-4)9(19)15-11(13)14-8)10-12(2,20)7(18)5(3-17)21-10/h5,7,10,17-18,20H,1,3H2,2H3,(H3,13,14,15,19)/t5-,7-,10-,12-/m1/s1. The predicted octanol–water partition coefficient (Wildman–Crippen LogP) is -1.44. The SMILES string of the molecule is C=C1Sc2c(nc(N)[nH]c2=O)N1[C@@H]1O[C@H](CO)[C@@H](O)[C@@]1(C)O. The van der Waals surface area contributed by atoms with Gasteiger partial charge in [0.1, 0.15) is 22.7 Å². The Balaban J connectivity index is 2.07. The number of aliphatic hydroxyl groups excluding tert-OH is 2. The maximum Gasteiger partial charge on any atom is 0.268 e. The van der Waals surface area contributed by atoms with Crippen LogP contribution in [0.15, 0.2) is 21.3 Å². The smallest absolute Gasteiger partial charge is 0.268 e. The number of aliphatic hydroxyl groups is 3. The average Bonchev–Trinajstić information content (AvgIpc) is 2.86. The molecular formula is C12H16N4O5S. The van der Waals surface area contributed by atoms with Gasteiger partial charge in [-0.3, -0.25) is 14.7 Å². The van der Waals surface area contributed by atoms with E-state index in [0.29, 0.717) is 5.03 Å². The lowest BCUT2D eigenvalue weighted by Crippen LogP contribution is -2.52. The highest BCUT2D eigenvalue weighted by molar-refractivity contribution is 8.03. The first kappa shape index (κ1) is 15.3. The molecule has 1 aromatic rings. The molecule has 0 unspecified atom stereocenters. The van der Waals surface area contributed by atoms with Gasteiger partial charge in [-0.1, -0.05) is 18.3 Å². The molecule has 6 N–H and O–H groups in total. The van der Waals surface area contributed by atoms with E-state index in [9.17, 15) is 20.1 Å². The van der Waals surface area contributed by atoms with Crippen molar-refractivity contribution in [3.05, 3.63) is 22.0 Å². The van der Waals surface area contributed by atoms with E-state index < -0.39 is 36.2 Å². The monoisotopic (exact) mass is 328 g/mol. The van der Waals surface area contributed by atoms with E-state index >= 15 is 0 Å². The van der Waals surface area contributed by atoms with Gasteiger partial charge in [-0.15, -0.1) is 0 Å². The number of rotatable bonds is 2. The van der Waals surface area contributed by atoms with Crippen LogP contribution in [0.1, 0.15) is 6.92 Å². The summed E-state index contributed by atoms with van der Waals surface area (Å²) in [6, 6.07) is 0. The van der Waals surface area contributed by atoms with Crippen molar-refractivity contribution in [1.82, 2.24) is 9.97 Å². The molecule has 1 fully saturated rings. The Hall–Kier alpha value is -1.59. The minimum atomic E-state index is -1.70. The number of hydrogen-bond acceptors (Lipinski definition) is 9. The lowest BCUT2D eigenvalue weighted by molar-refractivity contribution is -0.0612. The highest BCUT2D eigenvalue weighted by atomic mass is 32.2. The second kappa shape index (κ2) is 4.96. The fourth-order valence-corrected chi connectivity index (χ4v) is 3.51. The largest absolute Gasteiger partial charge is 0.394 e. The molecule has 0 saturated carbocycles. The van der Waals surface area contributed by atoms with E-state index in [1.165, 1.54) is 11.8 Å². The Kier molecular flexibility index (Phi) is 3.45. The molecular weight excluding hydrogens is 312 g/mol. The van der Waals surface area contributed by atoms with Gasteiger partial charge < -0.3 is 25.8 Å². The molecule has 1 aromatic heterocycles. The first-order valence-electron chi connectivity index (χ1n) is 6.50. The van der Waals surface area contributed by atoms with Gasteiger partial charge in [0.25, 0.3) is 5.56 Å². The van der Waals surface area contributed by atoms with Gasteiger partial charge >= 0.3 is 0 Å². The topological polar surface area (TPSA) is 145 Å². The first-order chi connectivity index (χ1) is 10.3. The van der Waals surface area contributed by atoms with Gasteiger partial charge in [-0.05, 0) is 6.92 Å². The number of aromatic amines is 1. The van der Waals surface area contributed by atoms with Crippen molar-refractivity contribution in [2.45, 2.75) is 35.9 Å². The van der Waals surface area contributed by atoms with Crippen LogP contribution in [0.3, 0.4) is 0 Å². The van der Waals surface area contributed by atoms with Crippen LogP contribution in [0.5, 0.6) is 0 Å². The van der Waals surface area contributed by atoms with Gasteiger partial charge in [0.05, 0.1) is 11.6 Å². The van der Waals surface area contributed by atoms with Crippen LogP contribution in [0, 0.1) is 0 Å². The lowest BCUT2D eigenvalue weighted by atomic mass is 9.96. The second-order valence-electron chi connectivity index (χ2n) is 5.35. The Morgan fingerprint density at radius 3 is 2.91 bits per heavy atom. The normalized spacial score (nSPS) is 34.3. The van der Waals surface area contributed by atoms with Crippen LogP contribution in [-0.2, 0) is 4.74 Å². The molecule has 10 heteroatoms. The molecule has 2 aliphatic heterocycles. The zero-order valence-electron chi connectivity index (χ0n) is 11.7. The zero-order valence-corrected chi connectivity index (χ0v) is 12.5. The van der Waals surface area contributed by atoms with Crippen LogP contribution in [0.4, 0.5) is 11.8 Å². The number of H-pyrrole nitrogens is 1. The summed E-state index contributed by atoms with van der Waals surface area (Å²) >= 11 is 1.07. The van der Waals surface area contributed by atoms with E-state index in [-0.39, 0.29) is 16.7 Å². The van der Waals surface area contributed by atoms with Crippen LogP contribution in [0.25, 0.3) is 0 Å². The summed E-state index contributed by atoms with van der Waals surface area (Å²) in [5.74, 6) is 0.119. The Bertz CT molecular complexity index is 691. The molecule has 9 nitrogen and oxygen atoms in total. The third kappa shape index (κ3) is 2.03. The number of nitrogens with zero attached hydrogens (tertiary/aromatic N) is 2. The molecule has 3 rings (SSSR count). The summed E-state index contributed by atoms with van der Waals surface area (Å²) in [4.78, 5) is 20.1. The molecule has 0 spiro atoms. The Labute approximate surface area is 129 Å². The molecule has 1 saturated heterocycles. The maximum atomic E-state index is 11.9. The van der Waals surface area contributed by atoms with E-state index in [2.05, 4.69) is 16.5 Å². The van der Waals surface area contributed by atoms with E-state index in [1.54, 1.807) is 0 Å². The lowest BCUT2D eigenvalue weighted by Gasteiger charge is -2.34. The molecule has 0 aliphatic carbocycles. The van der Waals surface area contributed by atoms with Crippen molar-refractivity contribution in [1.29, 1.82) is 0 Å². The van der Waals surface area contributed by atoms with Crippen molar-refractivity contribution in [3.8, 4) is 0 Å². The second-order valence-corrected chi connectivity index (χ2v) is 6.43. The number of fused-ring (bicyclic) bond motifs is 1. The quantitative estimate of drug-likeness (QED) is 0.441. The number of nitrogens with two attached hydrogens (primary N) is 1. The van der Waals surface area contributed by atoms with Crippen molar-refractivity contribution in [2.24, 2.45) is 0 Å². The maximum absolute atomic E-state index is 11.9. The first-order valence-corrected chi connectivity index (χ1v) is 7.31. The van der Waals surface area contributed by atoms with Crippen LogP contribution >= 0.6 is 11.8 Å². The number of ether oxygens (including phenoxy) is 1. The predicted molar refractivity (Wildman–Crippen MR) is 79.1 cm³/mol. The van der Waals surface area contributed by atoms with Gasteiger partial charge in [0.2, 0.25) is 5.95 Å². The fourth-order valence-electron chi connectivity index (χ4n) is 2.61. The van der Waals surface area contributed by atoms with Crippen molar-refractivity contribution in [2.75, 3.05) is 17.2 Å². The molecule has 3 heterocycles. The highest BCUT2D eigenvalue weighted by Gasteiger charge is 2.56. The number of aromatic nitrogens is 2. The van der Waals surface area contributed by atoms with Gasteiger partial charge in [0.15, 0.2) is 12.0 Å². The summed E-state index contributed by atoms with van der Waals surface area (Å²) in [7, 11) is 0. The van der Waals surface area contributed by atoms with Crippen LogP contribution < -0.4 is 16.2 Å². The molecule has 2 aliphatic rings. The molecule has 22 heavy (non-hydrogen) atoms. The minimum Gasteiger partial charge on any atom is -0.394 e. The van der Waals surface area contributed by atoms with Crippen LogP contribution in [-0.4, -0.2) is 55.9 Å². The number of anilines is 2. The molecule has 0 aromatic carbocycles. The molecule has 0 amide bonds. The van der Waals surface area contributed by atoms with E-state index in [0.717, 1.165) is 11.8 Å². The average molecular weight is 328 g/mol. The summed E-state index contributed by atoms with van der Waals surface area (Å²) in [6.07, 6.45) is -3.32. The molecule has 0 bridgehead atoms. The summed E-state index contributed by atoms with van der Waals surface area (Å²) in [6.45, 7) is 4.75. The number of hydrogen-bond donors (Lipinski definition) is 5. The molecule has 120 valence electrons. The third-order valence-corrected chi connectivity index (χ3v) is 4.77. The van der Waals surface area contributed by atoms with Gasteiger partial charge in [-0.2, -0.15) is 4.98 Å². The summed E-state index contributed by atoms with van der Waals surface area (Å²) in [5.41, 5.74) is 3.44. The highest BCUT2D eigenvalue weighted by Crippen LogP contribution is 2.47. The van der Waals surface area contributed by atoms with Gasteiger partial charge in [0, 0.05) is 0 Å². The van der Waals surface area contributed by atoms with E-state index in [1.807, 2.05) is 0 Å². The summed E-state index contributed by atoms with van der Waals surface area (Å²) < 4.78 is 5.54. The van der Waals surface area contributed by atoms with Crippen molar-refractivity contribution < 1.29 is 20.1 Å². The summed E-state index contributed by atoms with van der Waals surface area (Å²) in [5, 5.41) is 30.3. The molecule has 4 atom stereocenters. The van der Waals surface area contributed by atoms with Crippen LogP contribution in [0.2, 0.25) is 0 Å². The Morgan fingerprint density at radius 2 is 2.32 bits per heavy atom. The minimum absolute atomic E-state index is 0.0825. The van der Waals surface area contributed by atoms with Crippen molar-refractivity contribution >= 4 is 23.5 Å². The third-order valence-electron chi connectivity index (χ3n) is 3.76.